The summed E-state index contributed by atoms with van der Waals surface area (Å²) in [6.07, 6.45) is 13.8. The zero-order valence-electron chi connectivity index (χ0n) is 18.6. The van der Waals surface area contributed by atoms with Gasteiger partial charge >= 0.3 is 0 Å². The summed E-state index contributed by atoms with van der Waals surface area (Å²) in [5.74, 6) is 0.00230. The number of rotatable bonds is 10. The van der Waals surface area contributed by atoms with Crippen molar-refractivity contribution in [1.82, 2.24) is 10.2 Å². The van der Waals surface area contributed by atoms with Gasteiger partial charge in [0, 0.05) is 5.56 Å². The minimum atomic E-state index is -0.801. The molecule has 0 bridgehead atoms. The van der Waals surface area contributed by atoms with E-state index in [1.165, 1.54) is 51.4 Å². The maximum Gasteiger partial charge on any atom is 0.168 e. The smallest absolute Gasteiger partial charge is 0.168 e. The summed E-state index contributed by atoms with van der Waals surface area (Å²) in [5.41, 5.74) is 1.94. The molecule has 0 spiro atoms. The Labute approximate surface area is 180 Å². The normalized spacial score (nSPS) is 19.2. The van der Waals surface area contributed by atoms with Gasteiger partial charge in [0.1, 0.15) is 0 Å². The molecule has 1 heterocycles. The van der Waals surface area contributed by atoms with Gasteiger partial charge < -0.3 is 0 Å². The number of aromatic nitrogens is 2. The molecule has 0 saturated heterocycles. The molecule has 2 nitrogen and oxygen atoms in total. The first-order valence-corrected chi connectivity index (χ1v) is 11.9. The van der Waals surface area contributed by atoms with Crippen LogP contribution in [0.25, 0.3) is 11.3 Å². The molecule has 0 atom stereocenters. The van der Waals surface area contributed by atoms with Gasteiger partial charge in [0.05, 0.1) is 11.4 Å². The molecule has 2 aromatic rings. The minimum absolute atomic E-state index is 0.194. The van der Waals surface area contributed by atoms with Crippen LogP contribution in [0.4, 0.5) is 8.78 Å². The third-order valence-electron chi connectivity index (χ3n) is 6.67. The van der Waals surface area contributed by atoms with E-state index in [0.717, 1.165) is 30.9 Å². The van der Waals surface area contributed by atoms with Crippen LogP contribution in [0.15, 0.2) is 24.3 Å². The van der Waals surface area contributed by atoms with Crippen LogP contribution in [-0.4, -0.2) is 10.2 Å². The number of unbranched alkanes of at least 4 members (excludes halogenated alkanes) is 2. The molecule has 1 aromatic carbocycles. The number of hydrogen-bond donors (Lipinski definition) is 0. The van der Waals surface area contributed by atoms with Crippen molar-refractivity contribution in [3.63, 3.8) is 0 Å². The van der Waals surface area contributed by atoms with Crippen LogP contribution in [0, 0.1) is 23.5 Å². The molecule has 0 N–H and O–H groups in total. The summed E-state index contributed by atoms with van der Waals surface area (Å²) in [4.78, 5) is 0. The highest BCUT2D eigenvalue weighted by atomic mass is 19.2. The van der Waals surface area contributed by atoms with Crippen LogP contribution in [0.5, 0.6) is 0 Å². The van der Waals surface area contributed by atoms with Crippen molar-refractivity contribution >= 4 is 0 Å². The number of aryl methyl sites for hydroxylation is 2. The highest BCUT2D eigenvalue weighted by molar-refractivity contribution is 5.60. The van der Waals surface area contributed by atoms with Crippen molar-refractivity contribution < 1.29 is 8.78 Å². The Morgan fingerprint density at radius 1 is 0.767 bits per heavy atom. The SMILES string of the molecule is CCCCCC1CCC(CCc2ccc(-c3ccc(CCC)nn3)c(F)c2F)CC1. The third-order valence-corrected chi connectivity index (χ3v) is 6.67. The van der Waals surface area contributed by atoms with Gasteiger partial charge in [0.25, 0.3) is 0 Å². The fraction of sp³-hybridized carbons (Fsp3) is 0.615. The van der Waals surface area contributed by atoms with E-state index in [2.05, 4.69) is 24.0 Å². The van der Waals surface area contributed by atoms with Crippen molar-refractivity contribution in [3.8, 4) is 11.3 Å². The molecule has 0 radical (unpaired) electrons. The highest BCUT2D eigenvalue weighted by Gasteiger charge is 2.22. The van der Waals surface area contributed by atoms with Gasteiger partial charge in [-0.2, -0.15) is 10.2 Å². The molecule has 1 aliphatic carbocycles. The van der Waals surface area contributed by atoms with Crippen LogP contribution >= 0.6 is 0 Å². The fourth-order valence-electron chi connectivity index (χ4n) is 4.72. The molecule has 0 aliphatic heterocycles. The maximum absolute atomic E-state index is 14.7. The fourth-order valence-corrected chi connectivity index (χ4v) is 4.72. The summed E-state index contributed by atoms with van der Waals surface area (Å²) in [7, 11) is 0. The zero-order chi connectivity index (χ0) is 21.3. The van der Waals surface area contributed by atoms with Crippen LogP contribution in [0.2, 0.25) is 0 Å². The quantitative estimate of drug-likeness (QED) is 0.372. The predicted molar refractivity (Wildman–Crippen MR) is 119 cm³/mol. The van der Waals surface area contributed by atoms with Gasteiger partial charge in [-0.3, -0.25) is 0 Å². The van der Waals surface area contributed by atoms with Gasteiger partial charge in [0.15, 0.2) is 11.6 Å². The lowest BCUT2D eigenvalue weighted by atomic mass is 9.77. The largest absolute Gasteiger partial charge is 0.203 e. The molecule has 1 saturated carbocycles. The molecular weight excluding hydrogens is 378 g/mol. The Bertz CT molecular complexity index is 780. The lowest BCUT2D eigenvalue weighted by molar-refractivity contribution is 0.248. The van der Waals surface area contributed by atoms with E-state index >= 15 is 0 Å². The molecule has 0 amide bonds. The van der Waals surface area contributed by atoms with Crippen molar-refractivity contribution in [1.29, 1.82) is 0 Å². The Hall–Kier alpha value is -1.84. The number of nitrogens with zero attached hydrogens (tertiary/aromatic N) is 2. The van der Waals surface area contributed by atoms with Crippen LogP contribution < -0.4 is 0 Å². The molecule has 1 aromatic heterocycles. The third kappa shape index (κ3) is 6.09. The average Bonchev–Trinajstić information content (AvgIpc) is 2.77. The van der Waals surface area contributed by atoms with Crippen LogP contribution in [-0.2, 0) is 12.8 Å². The Balaban J connectivity index is 1.55. The van der Waals surface area contributed by atoms with Crippen molar-refractivity contribution in [3.05, 3.63) is 47.2 Å². The molecule has 30 heavy (non-hydrogen) atoms. The molecular formula is C26H36F2N2. The number of hydrogen-bond acceptors (Lipinski definition) is 2. The maximum atomic E-state index is 14.7. The Morgan fingerprint density at radius 3 is 2.13 bits per heavy atom. The first-order chi connectivity index (χ1) is 14.6. The van der Waals surface area contributed by atoms with E-state index < -0.39 is 11.6 Å². The van der Waals surface area contributed by atoms with Gasteiger partial charge in [-0.15, -0.1) is 0 Å². The summed E-state index contributed by atoms with van der Waals surface area (Å²) >= 11 is 0. The van der Waals surface area contributed by atoms with Gasteiger partial charge in [0.2, 0.25) is 0 Å². The van der Waals surface area contributed by atoms with E-state index in [1.54, 1.807) is 18.2 Å². The highest BCUT2D eigenvalue weighted by Crippen LogP contribution is 2.35. The lowest BCUT2D eigenvalue weighted by Crippen LogP contribution is -2.15. The van der Waals surface area contributed by atoms with Crippen molar-refractivity contribution in [2.45, 2.75) is 90.9 Å². The summed E-state index contributed by atoms with van der Waals surface area (Å²) in [6, 6.07) is 6.96. The standard InChI is InChI=1S/C26H36F2N2/c1-3-5-6-8-19-9-11-20(12-10-19)13-14-21-15-17-23(26(28)25(21)27)24-18-16-22(7-4-2)29-30-24/h15-20H,3-14H2,1-2H3. The van der Waals surface area contributed by atoms with E-state index in [9.17, 15) is 8.78 Å². The van der Waals surface area contributed by atoms with Gasteiger partial charge in [-0.25, -0.2) is 8.78 Å². The second-order valence-electron chi connectivity index (χ2n) is 8.98. The minimum Gasteiger partial charge on any atom is -0.203 e. The monoisotopic (exact) mass is 414 g/mol. The second-order valence-corrected chi connectivity index (χ2v) is 8.98. The summed E-state index contributed by atoms with van der Waals surface area (Å²) in [5, 5.41) is 8.22. The number of benzene rings is 1. The zero-order valence-corrected chi connectivity index (χ0v) is 18.6. The molecule has 4 heteroatoms. The molecule has 3 rings (SSSR count). The first kappa shape index (κ1) is 22.8. The van der Waals surface area contributed by atoms with Crippen LogP contribution in [0.1, 0.15) is 89.3 Å². The molecule has 1 aliphatic rings. The van der Waals surface area contributed by atoms with E-state index in [-0.39, 0.29) is 5.56 Å². The van der Waals surface area contributed by atoms with E-state index in [0.29, 0.717) is 23.6 Å². The van der Waals surface area contributed by atoms with Crippen molar-refractivity contribution in [2.24, 2.45) is 11.8 Å². The van der Waals surface area contributed by atoms with Crippen LogP contribution in [0.3, 0.4) is 0 Å². The molecule has 0 unspecified atom stereocenters. The Kier molecular flexibility index (Phi) is 8.77. The first-order valence-electron chi connectivity index (χ1n) is 11.9. The summed E-state index contributed by atoms with van der Waals surface area (Å²) in [6.45, 7) is 4.32. The number of halogens is 2. The average molecular weight is 415 g/mol. The van der Waals surface area contributed by atoms with Gasteiger partial charge in [-0.1, -0.05) is 77.7 Å². The second kappa shape index (κ2) is 11.5. The van der Waals surface area contributed by atoms with E-state index in [1.807, 2.05) is 6.07 Å². The van der Waals surface area contributed by atoms with E-state index in [4.69, 9.17) is 0 Å². The predicted octanol–water partition coefficient (Wildman–Crippen LogP) is 7.69. The lowest BCUT2D eigenvalue weighted by Gasteiger charge is -2.28. The topological polar surface area (TPSA) is 25.8 Å². The van der Waals surface area contributed by atoms with Gasteiger partial charge in [-0.05, 0) is 54.9 Å². The molecule has 164 valence electrons. The Morgan fingerprint density at radius 2 is 1.50 bits per heavy atom. The van der Waals surface area contributed by atoms with Crippen molar-refractivity contribution in [2.75, 3.05) is 0 Å². The molecule has 1 fully saturated rings. The summed E-state index contributed by atoms with van der Waals surface area (Å²) < 4.78 is 29.4.